The Bertz CT molecular complexity index is 641. The zero-order valence-corrected chi connectivity index (χ0v) is 11.9. The number of rotatable bonds is 0. The van der Waals surface area contributed by atoms with E-state index in [2.05, 4.69) is 0 Å². The van der Waals surface area contributed by atoms with Gasteiger partial charge < -0.3 is 5.73 Å². The minimum Gasteiger partial charge on any atom is -0.399 e. The lowest BCUT2D eigenvalue weighted by atomic mass is 9.83. The van der Waals surface area contributed by atoms with Crippen molar-refractivity contribution in [3.8, 4) is 11.1 Å². The molecule has 0 atom stereocenters. The van der Waals surface area contributed by atoms with Gasteiger partial charge in [0.05, 0.1) is 0 Å². The van der Waals surface area contributed by atoms with E-state index < -0.39 is 11.6 Å². The molecule has 1 aliphatic rings. The summed E-state index contributed by atoms with van der Waals surface area (Å²) in [6.07, 6.45) is 0. The van der Waals surface area contributed by atoms with Crippen molar-refractivity contribution in [3.05, 3.63) is 53.1 Å². The maximum absolute atomic E-state index is 12.0. The summed E-state index contributed by atoms with van der Waals surface area (Å²) in [6.45, 7) is 5.95. The van der Waals surface area contributed by atoms with Gasteiger partial charge in [0.15, 0.2) is 0 Å². The number of hydrogen-bond donors (Lipinski definition) is 1. The highest BCUT2D eigenvalue weighted by Crippen LogP contribution is 2.35. The average molecular weight is 267 g/mol. The van der Waals surface area contributed by atoms with Gasteiger partial charge in [0, 0.05) is 16.8 Å². The number of nitrogen functional groups attached to an aromatic ring is 1. The molecule has 2 N–H and O–H groups in total. The van der Waals surface area contributed by atoms with E-state index in [0.29, 0.717) is 16.8 Å². The fourth-order valence-electron chi connectivity index (χ4n) is 2.31. The number of carbonyl (C=O) groups excluding carboxylic acids is 2. The van der Waals surface area contributed by atoms with Gasteiger partial charge in [0.25, 0.3) is 0 Å². The van der Waals surface area contributed by atoms with Crippen LogP contribution in [0.25, 0.3) is 11.1 Å². The number of anilines is 1. The van der Waals surface area contributed by atoms with Crippen LogP contribution in [0.4, 0.5) is 5.69 Å². The standard InChI is InChI=1S/C15H11NO2.C2H6/c1-8-2-4-10-12(6-8)13-7-9(16)3-5-11(13)15(18)14(10)17;1-2/h2-7H,16H2,1H3;1-2H3. The monoisotopic (exact) mass is 267 g/mol. The van der Waals surface area contributed by atoms with Crippen LogP contribution < -0.4 is 5.73 Å². The van der Waals surface area contributed by atoms with Crippen LogP contribution in [0.2, 0.25) is 0 Å². The molecule has 0 amide bonds. The van der Waals surface area contributed by atoms with Crippen molar-refractivity contribution in [1.82, 2.24) is 0 Å². The second-order valence-electron chi connectivity index (χ2n) is 4.51. The van der Waals surface area contributed by atoms with Crippen LogP contribution in [0.3, 0.4) is 0 Å². The molecule has 2 aromatic carbocycles. The van der Waals surface area contributed by atoms with Gasteiger partial charge in [-0.3, -0.25) is 9.59 Å². The Hall–Kier alpha value is -2.42. The fraction of sp³-hybridized carbons (Fsp3) is 0.176. The number of hydrogen-bond acceptors (Lipinski definition) is 3. The first-order chi connectivity index (χ1) is 9.58. The van der Waals surface area contributed by atoms with Crippen molar-refractivity contribution < 1.29 is 9.59 Å². The summed E-state index contributed by atoms with van der Waals surface area (Å²) in [7, 11) is 0. The van der Waals surface area contributed by atoms with Crippen LogP contribution in [0, 0.1) is 6.92 Å². The number of nitrogens with two attached hydrogens (primary N) is 1. The smallest absolute Gasteiger partial charge is 0.234 e. The molecule has 0 aromatic heterocycles. The van der Waals surface area contributed by atoms with Crippen molar-refractivity contribution >= 4 is 17.3 Å². The first-order valence-corrected chi connectivity index (χ1v) is 6.67. The van der Waals surface area contributed by atoms with E-state index in [1.165, 1.54) is 0 Å². The third-order valence-electron chi connectivity index (χ3n) is 3.20. The number of Topliss-reactive ketones (excluding diaryl/α,β-unsaturated/α-hetero) is 2. The van der Waals surface area contributed by atoms with Crippen LogP contribution in [0.1, 0.15) is 40.1 Å². The van der Waals surface area contributed by atoms with E-state index >= 15 is 0 Å². The van der Waals surface area contributed by atoms with Gasteiger partial charge in [-0.1, -0.05) is 37.6 Å². The van der Waals surface area contributed by atoms with Gasteiger partial charge >= 0.3 is 0 Å². The Morgan fingerprint density at radius 1 is 0.750 bits per heavy atom. The second kappa shape index (κ2) is 5.29. The van der Waals surface area contributed by atoms with Crippen molar-refractivity contribution in [3.63, 3.8) is 0 Å². The second-order valence-corrected chi connectivity index (χ2v) is 4.51. The van der Waals surface area contributed by atoms with E-state index in [1.807, 2.05) is 32.9 Å². The maximum Gasteiger partial charge on any atom is 0.234 e. The van der Waals surface area contributed by atoms with E-state index in [1.54, 1.807) is 24.3 Å². The lowest BCUT2D eigenvalue weighted by Crippen LogP contribution is -2.21. The van der Waals surface area contributed by atoms with Gasteiger partial charge in [-0.15, -0.1) is 0 Å². The minimum absolute atomic E-state index is 0.437. The Kier molecular flexibility index (Phi) is 3.70. The Balaban J connectivity index is 0.000000704. The number of benzene rings is 2. The number of ketones is 2. The molecule has 102 valence electrons. The predicted octanol–water partition coefficient (Wildman–Crippen LogP) is 3.65. The topological polar surface area (TPSA) is 60.2 Å². The highest BCUT2D eigenvalue weighted by atomic mass is 16.2. The summed E-state index contributed by atoms with van der Waals surface area (Å²) in [5, 5.41) is 0. The van der Waals surface area contributed by atoms with Gasteiger partial charge in [-0.2, -0.15) is 0 Å². The third kappa shape index (κ3) is 2.11. The van der Waals surface area contributed by atoms with E-state index in [4.69, 9.17) is 5.73 Å². The molecule has 1 aliphatic carbocycles. The zero-order valence-electron chi connectivity index (χ0n) is 11.9. The summed E-state index contributed by atoms with van der Waals surface area (Å²) >= 11 is 0. The fourth-order valence-corrected chi connectivity index (χ4v) is 2.31. The van der Waals surface area contributed by atoms with Gasteiger partial charge in [-0.25, -0.2) is 0 Å². The van der Waals surface area contributed by atoms with Crippen molar-refractivity contribution in [1.29, 1.82) is 0 Å². The summed E-state index contributed by atoms with van der Waals surface area (Å²) in [5.41, 5.74) is 9.83. The molecule has 0 unspecified atom stereocenters. The molecule has 0 heterocycles. The van der Waals surface area contributed by atoms with E-state index in [9.17, 15) is 9.59 Å². The predicted molar refractivity (Wildman–Crippen MR) is 81.0 cm³/mol. The molecular formula is C17H17NO2. The Morgan fingerprint density at radius 2 is 1.25 bits per heavy atom. The largest absolute Gasteiger partial charge is 0.399 e. The van der Waals surface area contributed by atoms with Crippen LogP contribution in [-0.4, -0.2) is 11.6 Å². The van der Waals surface area contributed by atoms with Crippen molar-refractivity contribution in [2.24, 2.45) is 0 Å². The molecule has 0 bridgehead atoms. The lowest BCUT2D eigenvalue weighted by Gasteiger charge is -2.18. The highest BCUT2D eigenvalue weighted by molar-refractivity contribution is 6.53. The SMILES string of the molecule is CC.Cc1ccc2c(c1)-c1cc(N)ccc1C(=O)C2=O. The van der Waals surface area contributed by atoms with E-state index in [0.717, 1.165) is 16.7 Å². The maximum atomic E-state index is 12.0. The van der Waals surface area contributed by atoms with E-state index in [-0.39, 0.29) is 0 Å². The van der Waals surface area contributed by atoms with Crippen molar-refractivity contribution in [2.75, 3.05) is 5.73 Å². The highest BCUT2D eigenvalue weighted by Gasteiger charge is 2.30. The molecule has 20 heavy (non-hydrogen) atoms. The van der Waals surface area contributed by atoms with Crippen LogP contribution in [-0.2, 0) is 0 Å². The first kappa shape index (κ1) is 14.0. The lowest BCUT2D eigenvalue weighted by molar-refractivity contribution is 0.0815. The molecule has 3 nitrogen and oxygen atoms in total. The van der Waals surface area contributed by atoms with Gasteiger partial charge in [0.2, 0.25) is 11.6 Å². The minimum atomic E-state index is -0.457. The van der Waals surface area contributed by atoms with Crippen molar-refractivity contribution in [2.45, 2.75) is 20.8 Å². The molecule has 0 fully saturated rings. The molecule has 2 aromatic rings. The molecule has 0 spiro atoms. The van der Waals surface area contributed by atoms with Crippen LogP contribution in [0.15, 0.2) is 36.4 Å². The first-order valence-electron chi connectivity index (χ1n) is 6.67. The van der Waals surface area contributed by atoms with Gasteiger partial charge in [-0.05, 0) is 36.2 Å². The number of fused-ring (bicyclic) bond motifs is 3. The summed E-state index contributed by atoms with van der Waals surface area (Å²) in [6, 6.07) is 10.5. The Morgan fingerprint density at radius 3 is 1.85 bits per heavy atom. The molecule has 0 aliphatic heterocycles. The third-order valence-corrected chi connectivity index (χ3v) is 3.20. The number of carbonyl (C=O) groups is 2. The zero-order chi connectivity index (χ0) is 14.9. The average Bonchev–Trinajstić information content (AvgIpc) is 2.46. The molecular weight excluding hydrogens is 250 g/mol. The van der Waals surface area contributed by atoms with Crippen LogP contribution in [0.5, 0.6) is 0 Å². The Labute approximate surface area is 118 Å². The summed E-state index contributed by atoms with van der Waals surface area (Å²) < 4.78 is 0. The number of aryl methyl sites for hydroxylation is 1. The normalized spacial score (nSPS) is 12.2. The molecule has 0 saturated heterocycles. The summed E-state index contributed by atoms with van der Waals surface area (Å²) in [4.78, 5) is 24.0. The summed E-state index contributed by atoms with van der Waals surface area (Å²) in [5.74, 6) is -0.899. The molecule has 0 radical (unpaired) electrons. The van der Waals surface area contributed by atoms with Gasteiger partial charge in [0.1, 0.15) is 0 Å². The molecule has 3 heteroatoms. The molecule has 0 saturated carbocycles. The molecule has 3 rings (SSSR count). The van der Waals surface area contributed by atoms with Crippen LogP contribution >= 0.6 is 0 Å². The quantitative estimate of drug-likeness (QED) is 0.585.